The minimum Gasteiger partial charge on any atom is -0.380 e. The normalized spacial score (nSPS) is 17.1. The molecule has 0 aliphatic carbocycles. The molecule has 1 aliphatic rings. The van der Waals surface area contributed by atoms with E-state index in [-0.39, 0.29) is 12.5 Å². The molecular weight excluding hydrogens is 532 g/mol. The van der Waals surface area contributed by atoms with Gasteiger partial charge in [0.15, 0.2) is 0 Å². The molecule has 0 radical (unpaired) electrons. The Bertz CT molecular complexity index is 1560. The lowest BCUT2D eigenvalue weighted by Crippen LogP contribution is -2.66. The van der Waals surface area contributed by atoms with E-state index in [1.807, 2.05) is 13.1 Å². The third-order valence-electron chi connectivity index (χ3n) is 6.63. The van der Waals surface area contributed by atoms with Crippen LogP contribution in [0.2, 0.25) is 0 Å². The number of methoxy groups -OCH3 is 1. The Morgan fingerprint density at radius 2 is 1.89 bits per heavy atom. The smallest absolute Gasteiger partial charge is 0.380 e. The molecule has 0 amide bonds. The standard InChI is InChI=1S/C22H24F4N8O3S/c1-15(37-2)10-31-11-16(8-28-31)18-7-19-27-5-6-33(19)20(30-18)17-9-29-34(12-17)21(3-4-23)13-32(14-21)38(35,36)22(24,25)26/h5-9,11-12,15H,3-4,10,13-14H2,1-2H3. The van der Waals surface area contributed by atoms with Crippen molar-refractivity contribution < 1.29 is 30.7 Å². The van der Waals surface area contributed by atoms with E-state index in [1.54, 1.807) is 40.8 Å². The van der Waals surface area contributed by atoms with Crippen LogP contribution in [-0.4, -0.2) is 85.1 Å². The Kier molecular flexibility index (Phi) is 6.51. The van der Waals surface area contributed by atoms with E-state index in [0.717, 1.165) is 5.56 Å². The number of nitrogens with zero attached hydrogens (tertiary/aromatic N) is 8. The summed E-state index contributed by atoms with van der Waals surface area (Å²) >= 11 is 0. The van der Waals surface area contributed by atoms with Gasteiger partial charge in [0.05, 0.1) is 48.5 Å². The lowest BCUT2D eigenvalue weighted by atomic mass is 9.89. The molecule has 38 heavy (non-hydrogen) atoms. The maximum atomic E-state index is 13.4. The highest BCUT2D eigenvalue weighted by molar-refractivity contribution is 7.90. The molecule has 0 saturated carbocycles. The van der Waals surface area contributed by atoms with Gasteiger partial charge in [0, 0.05) is 63.0 Å². The van der Waals surface area contributed by atoms with Crippen LogP contribution in [0.3, 0.4) is 0 Å². The van der Waals surface area contributed by atoms with Crippen LogP contribution in [0.25, 0.3) is 28.3 Å². The number of ether oxygens (including phenoxy) is 1. The quantitative estimate of drug-likeness (QED) is 0.292. The number of fused-ring (bicyclic) bond motifs is 1. The molecule has 1 aliphatic heterocycles. The van der Waals surface area contributed by atoms with Crippen LogP contribution in [0.15, 0.2) is 43.2 Å². The van der Waals surface area contributed by atoms with Crippen molar-refractivity contribution in [3.05, 3.63) is 43.2 Å². The van der Waals surface area contributed by atoms with E-state index < -0.39 is 40.8 Å². The topological polar surface area (TPSA) is 112 Å². The number of imidazole rings is 1. The Balaban J connectivity index is 1.48. The average molecular weight is 557 g/mol. The summed E-state index contributed by atoms with van der Waals surface area (Å²) in [4.78, 5) is 9.10. The molecule has 5 rings (SSSR count). The number of hydrogen-bond acceptors (Lipinski definition) is 7. The first kappa shape index (κ1) is 26.2. The van der Waals surface area contributed by atoms with Crippen LogP contribution in [0.4, 0.5) is 17.6 Å². The molecule has 0 spiro atoms. The SMILES string of the molecule is COC(C)Cn1cc(-c2cc3nccn3c(-c3cnn(C4(CCF)CN(S(=O)(=O)C(F)(F)F)C4)c3)n2)cn1. The van der Waals surface area contributed by atoms with Gasteiger partial charge in [-0.25, -0.2) is 18.4 Å². The molecule has 1 saturated heterocycles. The lowest BCUT2D eigenvalue weighted by molar-refractivity contribution is -0.0576. The highest BCUT2D eigenvalue weighted by atomic mass is 32.2. The monoisotopic (exact) mass is 556 g/mol. The second kappa shape index (κ2) is 9.43. The molecular formula is C22H24F4N8O3S. The molecule has 16 heteroatoms. The Labute approximate surface area is 214 Å². The molecule has 0 bridgehead atoms. The van der Waals surface area contributed by atoms with E-state index in [1.165, 1.54) is 17.1 Å². The Hall–Kier alpha value is -3.37. The number of aromatic nitrogens is 7. The summed E-state index contributed by atoms with van der Waals surface area (Å²) in [6.45, 7) is 0.501. The number of rotatable bonds is 9. The van der Waals surface area contributed by atoms with Gasteiger partial charge in [0.25, 0.3) is 0 Å². The molecule has 5 heterocycles. The van der Waals surface area contributed by atoms with E-state index in [4.69, 9.17) is 9.72 Å². The zero-order valence-electron chi connectivity index (χ0n) is 20.4. The molecule has 0 aromatic carbocycles. The van der Waals surface area contributed by atoms with Crippen LogP contribution in [0.1, 0.15) is 13.3 Å². The van der Waals surface area contributed by atoms with Gasteiger partial charge in [-0.15, -0.1) is 0 Å². The van der Waals surface area contributed by atoms with Crippen molar-refractivity contribution in [2.75, 3.05) is 26.9 Å². The molecule has 1 unspecified atom stereocenters. The summed E-state index contributed by atoms with van der Waals surface area (Å²) in [6, 6.07) is 1.78. The van der Waals surface area contributed by atoms with Gasteiger partial charge in [-0.05, 0) is 6.92 Å². The number of hydrogen-bond donors (Lipinski definition) is 0. The molecule has 0 N–H and O–H groups in total. The maximum absolute atomic E-state index is 13.4. The highest BCUT2D eigenvalue weighted by Gasteiger charge is 2.58. The van der Waals surface area contributed by atoms with Gasteiger partial charge in [0.1, 0.15) is 11.5 Å². The summed E-state index contributed by atoms with van der Waals surface area (Å²) in [7, 11) is -3.90. The second-order valence-corrected chi connectivity index (χ2v) is 11.1. The van der Waals surface area contributed by atoms with Crippen LogP contribution < -0.4 is 0 Å². The van der Waals surface area contributed by atoms with Gasteiger partial charge in [-0.2, -0.15) is 27.7 Å². The minimum absolute atomic E-state index is 0.0444. The predicted octanol–water partition coefficient (Wildman–Crippen LogP) is 2.71. The van der Waals surface area contributed by atoms with Crippen LogP contribution in [-0.2, 0) is 26.8 Å². The lowest BCUT2D eigenvalue weighted by Gasteiger charge is -2.48. The Morgan fingerprint density at radius 1 is 1.16 bits per heavy atom. The maximum Gasteiger partial charge on any atom is 0.511 e. The fraction of sp³-hybridized carbons (Fsp3) is 0.455. The Morgan fingerprint density at radius 3 is 2.58 bits per heavy atom. The van der Waals surface area contributed by atoms with Crippen LogP contribution in [0, 0.1) is 0 Å². The number of halogens is 4. The molecule has 204 valence electrons. The third kappa shape index (κ3) is 4.45. The van der Waals surface area contributed by atoms with Gasteiger partial charge < -0.3 is 4.74 Å². The first-order valence-electron chi connectivity index (χ1n) is 11.5. The number of sulfonamides is 1. The van der Waals surface area contributed by atoms with Crippen molar-refractivity contribution in [1.82, 2.24) is 38.2 Å². The van der Waals surface area contributed by atoms with E-state index >= 15 is 0 Å². The first-order chi connectivity index (χ1) is 18.0. The van der Waals surface area contributed by atoms with Crippen LogP contribution >= 0.6 is 0 Å². The fourth-order valence-corrected chi connectivity index (χ4v) is 5.54. The third-order valence-corrected chi connectivity index (χ3v) is 8.15. The van der Waals surface area contributed by atoms with Crippen LogP contribution in [0.5, 0.6) is 0 Å². The summed E-state index contributed by atoms with van der Waals surface area (Å²) in [5.41, 5.74) is -4.31. The van der Waals surface area contributed by atoms with Crippen molar-refractivity contribution in [1.29, 1.82) is 0 Å². The van der Waals surface area contributed by atoms with E-state index in [0.29, 0.717) is 33.6 Å². The van der Waals surface area contributed by atoms with Crippen molar-refractivity contribution in [3.8, 4) is 22.6 Å². The number of alkyl halides is 4. The van der Waals surface area contributed by atoms with Crippen molar-refractivity contribution in [3.63, 3.8) is 0 Å². The van der Waals surface area contributed by atoms with E-state index in [2.05, 4.69) is 15.2 Å². The van der Waals surface area contributed by atoms with Crippen molar-refractivity contribution in [2.24, 2.45) is 0 Å². The van der Waals surface area contributed by atoms with E-state index in [9.17, 15) is 26.0 Å². The average Bonchev–Trinajstić information content (AvgIpc) is 3.60. The summed E-state index contributed by atoms with van der Waals surface area (Å²) in [5, 5.41) is 8.62. The minimum atomic E-state index is -5.52. The zero-order valence-corrected chi connectivity index (χ0v) is 21.2. The molecule has 4 aromatic heterocycles. The van der Waals surface area contributed by atoms with Crippen molar-refractivity contribution in [2.45, 2.75) is 37.0 Å². The molecule has 4 aromatic rings. The highest BCUT2D eigenvalue weighted by Crippen LogP contribution is 2.40. The molecule has 1 atom stereocenters. The van der Waals surface area contributed by atoms with Gasteiger partial charge in [-0.3, -0.25) is 18.2 Å². The largest absolute Gasteiger partial charge is 0.511 e. The zero-order chi connectivity index (χ0) is 27.3. The molecule has 1 fully saturated rings. The fourth-order valence-electron chi connectivity index (χ4n) is 4.43. The first-order valence-corrected chi connectivity index (χ1v) is 13.0. The molecule has 11 nitrogen and oxygen atoms in total. The summed E-state index contributed by atoms with van der Waals surface area (Å²) in [5.74, 6) is 0.439. The van der Waals surface area contributed by atoms with Gasteiger partial charge in [0.2, 0.25) is 0 Å². The summed E-state index contributed by atoms with van der Waals surface area (Å²) in [6.07, 6.45) is 9.51. The van der Waals surface area contributed by atoms with Gasteiger partial charge in [-0.1, -0.05) is 0 Å². The predicted molar refractivity (Wildman–Crippen MR) is 127 cm³/mol. The van der Waals surface area contributed by atoms with Gasteiger partial charge >= 0.3 is 15.5 Å². The summed E-state index contributed by atoms with van der Waals surface area (Å²) < 4.78 is 86.3. The second-order valence-electron chi connectivity index (χ2n) is 9.17. The van der Waals surface area contributed by atoms with Crippen molar-refractivity contribution >= 4 is 15.7 Å².